The van der Waals surface area contributed by atoms with Crippen LogP contribution in [0.25, 0.3) is 0 Å². The summed E-state index contributed by atoms with van der Waals surface area (Å²) in [5.41, 5.74) is 6.72. The van der Waals surface area contributed by atoms with Crippen molar-refractivity contribution in [2.24, 2.45) is 4.99 Å². The Hall–Kier alpha value is -2.65. The number of hydrogen-bond acceptors (Lipinski definition) is 2. The topological polar surface area (TPSA) is 15.6 Å². The number of anilines is 2. The first-order chi connectivity index (χ1) is 11.8. The number of benzene rings is 3. The van der Waals surface area contributed by atoms with E-state index in [0.717, 1.165) is 29.9 Å². The molecule has 2 aliphatic rings. The molecule has 0 atom stereocenters. The second-order valence-corrected chi connectivity index (χ2v) is 6.14. The Bertz CT molecular complexity index is 997. The van der Waals surface area contributed by atoms with Crippen LogP contribution < -0.4 is 4.90 Å². The molecule has 3 aromatic rings. The molecule has 2 heterocycles. The van der Waals surface area contributed by atoms with E-state index in [0.29, 0.717) is 11.3 Å². The summed E-state index contributed by atoms with van der Waals surface area (Å²) in [5, 5.41) is 0. The number of aliphatic imine (C=N–C) groups is 1. The zero-order chi connectivity index (χ0) is 16.1. The predicted octanol–water partition coefficient (Wildman–Crippen LogP) is 5.42. The molecule has 0 N–H and O–H groups in total. The van der Waals surface area contributed by atoms with Crippen molar-refractivity contribution >= 4 is 35.2 Å². The van der Waals surface area contributed by atoms with Crippen LogP contribution in [0, 0.1) is 5.82 Å². The third kappa shape index (κ3) is 2.35. The first-order valence-electron chi connectivity index (χ1n) is 8.15. The lowest BCUT2D eigenvalue weighted by molar-refractivity contribution is 0.625. The van der Waals surface area contributed by atoms with Crippen LogP contribution in [0.3, 0.4) is 0 Å². The van der Waals surface area contributed by atoms with Crippen molar-refractivity contribution in [1.82, 2.24) is 0 Å². The number of hydrogen-bond donors (Lipinski definition) is 0. The van der Waals surface area contributed by atoms with Gasteiger partial charge in [-0.3, -0.25) is 0 Å². The van der Waals surface area contributed by atoms with E-state index < -0.39 is 0 Å². The number of fused-ring (bicyclic) bond motifs is 2. The van der Waals surface area contributed by atoms with Gasteiger partial charge in [-0.05, 0) is 36.2 Å². The standard InChI is InChI=1S/C21H15FN2.ClH/c22-17-9-2-1-7-15(17)20-16-8-5-6-14-12-13-24(21(14)16)19-11-4-3-10-18(19)23-20;/h1-11H,12-13H2;1H. The van der Waals surface area contributed by atoms with E-state index in [-0.39, 0.29) is 18.2 Å². The number of halogens is 2. The smallest absolute Gasteiger partial charge is 0.132 e. The predicted molar refractivity (Wildman–Crippen MR) is 103 cm³/mol. The molecule has 2 nitrogen and oxygen atoms in total. The molecule has 5 rings (SSSR count). The van der Waals surface area contributed by atoms with Crippen LogP contribution in [0.5, 0.6) is 0 Å². The van der Waals surface area contributed by atoms with E-state index in [1.807, 2.05) is 36.4 Å². The van der Waals surface area contributed by atoms with Crippen molar-refractivity contribution in [1.29, 1.82) is 0 Å². The van der Waals surface area contributed by atoms with Gasteiger partial charge in [0.1, 0.15) is 5.82 Å². The van der Waals surface area contributed by atoms with Gasteiger partial charge < -0.3 is 4.90 Å². The van der Waals surface area contributed by atoms with Crippen LogP contribution in [-0.4, -0.2) is 12.3 Å². The third-order valence-corrected chi connectivity index (χ3v) is 4.78. The molecule has 0 aromatic heterocycles. The largest absolute Gasteiger partial charge is 0.339 e. The molecular weight excluding hydrogens is 335 g/mol. The maximum absolute atomic E-state index is 14.5. The Morgan fingerprint density at radius 3 is 2.48 bits per heavy atom. The molecule has 4 heteroatoms. The molecule has 0 saturated heterocycles. The maximum atomic E-state index is 14.5. The minimum Gasteiger partial charge on any atom is -0.339 e. The van der Waals surface area contributed by atoms with Crippen LogP contribution in [0.15, 0.2) is 71.7 Å². The van der Waals surface area contributed by atoms with Gasteiger partial charge in [0.05, 0.1) is 22.8 Å². The first-order valence-corrected chi connectivity index (χ1v) is 8.15. The van der Waals surface area contributed by atoms with Gasteiger partial charge in [-0.1, -0.05) is 42.5 Å². The maximum Gasteiger partial charge on any atom is 0.132 e. The van der Waals surface area contributed by atoms with Gasteiger partial charge in [0.2, 0.25) is 0 Å². The quantitative estimate of drug-likeness (QED) is 0.571. The van der Waals surface area contributed by atoms with E-state index in [1.165, 1.54) is 17.3 Å². The molecule has 0 unspecified atom stereocenters. The lowest BCUT2D eigenvalue weighted by atomic mass is 9.98. The van der Waals surface area contributed by atoms with Crippen molar-refractivity contribution in [3.63, 3.8) is 0 Å². The Kier molecular flexibility index (Phi) is 3.81. The average Bonchev–Trinajstić information content (AvgIpc) is 2.99. The van der Waals surface area contributed by atoms with Gasteiger partial charge in [0.15, 0.2) is 0 Å². The van der Waals surface area contributed by atoms with Gasteiger partial charge >= 0.3 is 0 Å². The van der Waals surface area contributed by atoms with Crippen molar-refractivity contribution in [2.45, 2.75) is 6.42 Å². The Morgan fingerprint density at radius 1 is 0.840 bits per heavy atom. The van der Waals surface area contributed by atoms with Crippen molar-refractivity contribution in [3.8, 4) is 0 Å². The molecule has 0 amide bonds. The highest BCUT2D eigenvalue weighted by Gasteiger charge is 2.30. The molecule has 0 fully saturated rings. The zero-order valence-corrected chi connectivity index (χ0v) is 14.3. The summed E-state index contributed by atoms with van der Waals surface area (Å²) in [4.78, 5) is 7.19. The van der Waals surface area contributed by atoms with Crippen LogP contribution in [0.4, 0.5) is 21.5 Å². The minimum absolute atomic E-state index is 0. The molecule has 25 heavy (non-hydrogen) atoms. The Morgan fingerprint density at radius 2 is 1.60 bits per heavy atom. The highest BCUT2D eigenvalue weighted by Crippen LogP contribution is 2.45. The zero-order valence-electron chi connectivity index (χ0n) is 13.4. The second-order valence-electron chi connectivity index (χ2n) is 6.14. The van der Waals surface area contributed by atoms with Crippen molar-refractivity contribution in [2.75, 3.05) is 11.4 Å². The molecule has 0 spiro atoms. The fourth-order valence-electron chi connectivity index (χ4n) is 3.71. The highest BCUT2D eigenvalue weighted by atomic mass is 35.5. The summed E-state index contributed by atoms with van der Waals surface area (Å²) in [6.07, 6.45) is 1.00. The van der Waals surface area contributed by atoms with Crippen molar-refractivity contribution < 1.29 is 4.39 Å². The summed E-state index contributed by atoms with van der Waals surface area (Å²) in [5.74, 6) is -0.238. The molecule has 3 aromatic carbocycles. The summed E-state index contributed by atoms with van der Waals surface area (Å²) in [7, 11) is 0. The molecule has 0 aliphatic carbocycles. The monoisotopic (exact) mass is 350 g/mol. The second kappa shape index (κ2) is 6.01. The Labute approximate surface area is 152 Å². The minimum atomic E-state index is -0.238. The fourth-order valence-corrected chi connectivity index (χ4v) is 3.71. The molecule has 124 valence electrons. The third-order valence-electron chi connectivity index (χ3n) is 4.78. The van der Waals surface area contributed by atoms with Crippen LogP contribution in [0.2, 0.25) is 0 Å². The van der Waals surface area contributed by atoms with Gasteiger partial charge in [0.25, 0.3) is 0 Å². The lowest BCUT2D eigenvalue weighted by Crippen LogP contribution is -2.15. The summed E-state index contributed by atoms with van der Waals surface area (Å²) in [6.45, 7) is 0.934. The summed E-state index contributed by atoms with van der Waals surface area (Å²) >= 11 is 0. The van der Waals surface area contributed by atoms with Gasteiger partial charge in [-0.25, -0.2) is 9.38 Å². The molecule has 2 aliphatic heterocycles. The first kappa shape index (κ1) is 15.9. The molecular formula is C21H16ClFN2. The number of rotatable bonds is 1. The van der Waals surface area contributed by atoms with Crippen LogP contribution >= 0.6 is 12.4 Å². The van der Waals surface area contributed by atoms with E-state index in [9.17, 15) is 4.39 Å². The van der Waals surface area contributed by atoms with E-state index in [2.05, 4.69) is 17.0 Å². The highest BCUT2D eigenvalue weighted by molar-refractivity contribution is 6.19. The normalized spacial score (nSPS) is 14.1. The van der Waals surface area contributed by atoms with Gasteiger partial charge in [-0.2, -0.15) is 0 Å². The molecule has 0 bridgehead atoms. The summed E-state index contributed by atoms with van der Waals surface area (Å²) < 4.78 is 14.5. The van der Waals surface area contributed by atoms with Crippen LogP contribution in [0.1, 0.15) is 16.7 Å². The summed E-state index contributed by atoms with van der Waals surface area (Å²) in [6, 6.07) is 21.2. The SMILES string of the molecule is Cl.Fc1ccccc1C1=Nc2ccccc2N2CCc3cccc1c32. The molecule has 0 saturated carbocycles. The van der Waals surface area contributed by atoms with E-state index in [4.69, 9.17) is 4.99 Å². The van der Waals surface area contributed by atoms with Gasteiger partial charge in [0, 0.05) is 17.7 Å². The molecule has 0 radical (unpaired) electrons. The fraction of sp³-hybridized carbons (Fsp3) is 0.0952. The van der Waals surface area contributed by atoms with Crippen LogP contribution in [-0.2, 0) is 6.42 Å². The average molecular weight is 351 g/mol. The number of para-hydroxylation sites is 3. The lowest BCUT2D eigenvalue weighted by Gasteiger charge is -2.21. The Balaban J connectivity index is 0.00000157. The van der Waals surface area contributed by atoms with Crippen molar-refractivity contribution in [3.05, 3.63) is 89.2 Å². The van der Waals surface area contributed by atoms with E-state index in [1.54, 1.807) is 12.1 Å². The van der Waals surface area contributed by atoms with Gasteiger partial charge in [-0.15, -0.1) is 12.4 Å². The number of nitrogens with zero attached hydrogens (tertiary/aromatic N) is 2. The van der Waals surface area contributed by atoms with E-state index >= 15 is 0 Å².